The number of hydrogen-bond donors (Lipinski definition) is 0. The van der Waals surface area contributed by atoms with Crippen LogP contribution in [0.1, 0.15) is 0 Å². The molecule has 0 aromatic heterocycles. The number of allylic oxidation sites excluding steroid dienone is 15. The van der Waals surface area contributed by atoms with E-state index < -0.39 is 0 Å². The van der Waals surface area contributed by atoms with Crippen LogP contribution in [-0.2, 0) is 0 Å². The monoisotopic (exact) mass is 301 g/mol. The van der Waals surface area contributed by atoms with Gasteiger partial charge in [0.05, 0.1) is 4.92 Å². The fourth-order valence-electron chi connectivity index (χ4n) is 4.76. The minimum Gasteiger partial charge on any atom is -0.258 e. The maximum Gasteiger partial charge on any atom is 0.273 e. The normalized spacial score (nSPS) is 35.2. The Morgan fingerprint density at radius 2 is 1.52 bits per heavy atom. The van der Waals surface area contributed by atoms with E-state index in [-0.39, 0.29) is 22.5 Å². The van der Waals surface area contributed by atoms with E-state index in [9.17, 15) is 10.1 Å². The Labute approximate surface area is 134 Å². The van der Waals surface area contributed by atoms with Gasteiger partial charge in [0, 0.05) is 23.5 Å². The quantitative estimate of drug-likeness (QED) is 0.541. The average molecular weight is 301 g/mol. The second kappa shape index (κ2) is 4.42. The lowest BCUT2D eigenvalue weighted by Gasteiger charge is -2.48. The van der Waals surface area contributed by atoms with E-state index in [1.54, 1.807) is 6.08 Å². The maximum absolute atomic E-state index is 11.6. The first-order chi connectivity index (χ1) is 11.3. The first-order valence-electron chi connectivity index (χ1n) is 7.98. The van der Waals surface area contributed by atoms with Crippen LogP contribution in [0.3, 0.4) is 0 Å². The molecule has 0 amide bonds. The molecule has 1 saturated carbocycles. The molecule has 5 rings (SSSR count). The van der Waals surface area contributed by atoms with Crippen molar-refractivity contribution >= 4 is 0 Å². The molecule has 0 radical (unpaired) electrons. The molecule has 0 spiro atoms. The zero-order chi connectivity index (χ0) is 15.6. The van der Waals surface area contributed by atoms with Gasteiger partial charge in [0.25, 0.3) is 5.70 Å². The third-order valence-corrected chi connectivity index (χ3v) is 5.60. The molecular weight excluding hydrogens is 286 g/mol. The van der Waals surface area contributed by atoms with Gasteiger partial charge in [-0.15, -0.1) is 0 Å². The Hall–Kier alpha value is -2.68. The van der Waals surface area contributed by atoms with Gasteiger partial charge >= 0.3 is 0 Å². The highest BCUT2D eigenvalue weighted by Gasteiger charge is 2.49. The Balaban J connectivity index is 1.82. The van der Waals surface area contributed by atoms with Crippen LogP contribution >= 0.6 is 0 Å². The number of fused-ring (bicyclic) bond motifs is 2. The third-order valence-electron chi connectivity index (χ3n) is 5.60. The molecule has 0 N–H and O–H groups in total. The highest BCUT2D eigenvalue weighted by molar-refractivity contribution is 5.61. The molecule has 0 aliphatic heterocycles. The topological polar surface area (TPSA) is 43.1 Å². The van der Waals surface area contributed by atoms with Crippen molar-refractivity contribution in [3.8, 4) is 0 Å². The SMILES string of the molecule is O=[N+]([O-])C1=C2C3=CC=CC4=CC=C[C@H]([C@@H]43)[C@@H]3C=CC=C(C=C1)[C@@H]23. The summed E-state index contributed by atoms with van der Waals surface area (Å²) in [6, 6.07) is 0. The van der Waals surface area contributed by atoms with Crippen LogP contribution in [0.25, 0.3) is 0 Å². The third kappa shape index (κ3) is 1.59. The molecule has 5 aliphatic rings. The second-order valence-electron chi connectivity index (χ2n) is 6.58. The van der Waals surface area contributed by atoms with E-state index in [2.05, 4.69) is 48.6 Å². The van der Waals surface area contributed by atoms with Crippen molar-refractivity contribution in [2.75, 3.05) is 0 Å². The average Bonchev–Trinajstić information content (AvgIpc) is 2.58. The smallest absolute Gasteiger partial charge is 0.258 e. The molecule has 23 heavy (non-hydrogen) atoms. The Morgan fingerprint density at radius 1 is 0.826 bits per heavy atom. The van der Waals surface area contributed by atoms with Crippen molar-refractivity contribution in [3.05, 3.63) is 105 Å². The summed E-state index contributed by atoms with van der Waals surface area (Å²) in [5.74, 6) is 1.01. The standard InChI is InChI=1S/C20H15NO2/c22-21(23)17-11-10-13-6-2-8-15-14-7-1-4-12-5-3-9-16(18(12)14)20(17)19(13)15/h1-11,14-15,18-19H/t14-,15-,18+,19+/m0/s1. The lowest BCUT2D eigenvalue weighted by Crippen LogP contribution is -2.41. The van der Waals surface area contributed by atoms with Gasteiger partial charge < -0.3 is 0 Å². The van der Waals surface area contributed by atoms with E-state index in [0.29, 0.717) is 11.8 Å². The van der Waals surface area contributed by atoms with E-state index in [4.69, 9.17) is 0 Å². The van der Waals surface area contributed by atoms with Gasteiger partial charge in [0.1, 0.15) is 0 Å². The fraction of sp³-hybridized carbons (Fsp3) is 0.200. The molecule has 0 bridgehead atoms. The Morgan fingerprint density at radius 3 is 2.26 bits per heavy atom. The van der Waals surface area contributed by atoms with Crippen LogP contribution < -0.4 is 0 Å². The van der Waals surface area contributed by atoms with Crippen molar-refractivity contribution in [1.29, 1.82) is 0 Å². The van der Waals surface area contributed by atoms with Gasteiger partial charge in [-0.1, -0.05) is 60.8 Å². The molecule has 3 nitrogen and oxygen atoms in total. The minimum absolute atomic E-state index is 0.105. The number of hydrogen-bond acceptors (Lipinski definition) is 2. The number of nitro groups is 1. The fourth-order valence-corrected chi connectivity index (χ4v) is 4.76. The zero-order valence-electron chi connectivity index (χ0n) is 12.4. The summed E-state index contributed by atoms with van der Waals surface area (Å²) < 4.78 is 0. The van der Waals surface area contributed by atoms with Crippen LogP contribution in [-0.4, -0.2) is 4.92 Å². The molecule has 4 atom stereocenters. The summed E-state index contributed by atoms with van der Waals surface area (Å²) in [5.41, 5.74) is 4.78. The molecule has 112 valence electrons. The van der Waals surface area contributed by atoms with E-state index in [0.717, 1.165) is 11.1 Å². The largest absolute Gasteiger partial charge is 0.273 e. The summed E-state index contributed by atoms with van der Waals surface area (Å²) in [7, 11) is 0. The first kappa shape index (κ1) is 12.8. The van der Waals surface area contributed by atoms with Crippen molar-refractivity contribution < 1.29 is 4.92 Å². The van der Waals surface area contributed by atoms with Crippen LogP contribution in [0.4, 0.5) is 0 Å². The summed E-state index contributed by atoms with van der Waals surface area (Å²) in [6.07, 6.45) is 22.8. The van der Waals surface area contributed by atoms with Crippen molar-refractivity contribution in [1.82, 2.24) is 0 Å². The molecular formula is C20H15NO2. The molecule has 0 saturated heterocycles. The summed E-state index contributed by atoms with van der Waals surface area (Å²) in [6.45, 7) is 0. The van der Waals surface area contributed by atoms with Gasteiger partial charge in [-0.3, -0.25) is 10.1 Å². The molecule has 3 heteroatoms. The van der Waals surface area contributed by atoms with Crippen molar-refractivity contribution in [2.45, 2.75) is 0 Å². The molecule has 0 unspecified atom stereocenters. The molecule has 1 fully saturated rings. The first-order valence-corrected chi connectivity index (χ1v) is 7.98. The predicted molar refractivity (Wildman–Crippen MR) is 88.8 cm³/mol. The van der Waals surface area contributed by atoms with Crippen LogP contribution in [0.15, 0.2) is 94.8 Å². The Kier molecular flexibility index (Phi) is 2.46. The van der Waals surface area contributed by atoms with Crippen LogP contribution in [0, 0.1) is 33.8 Å². The second-order valence-corrected chi connectivity index (χ2v) is 6.58. The van der Waals surface area contributed by atoms with Crippen molar-refractivity contribution in [2.24, 2.45) is 23.7 Å². The maximum atomic E-state index is 11.6. The summed E-state index contributed by atoms with van der Waals surface area (Å²) >= 11 is 0. The van der Waals surface area contributed by atoms with Crippen LogP contribution in [0.2, 0.25) is 0 Å². The molecule has 0 heterocycles. The number of rotatable bonds is 1. The summed E-state index contributed by atoms with van der Waals surface area (Å²) in [5, 5.41) is 11.6. The van der Waals surface area contributed by atoms with E-state index >= 15 is 0 Å². The van der Waals surface area contributed by atoms with Gasteiger partial charge in [-0.25, -0.2) is 0 Å². The molecule has 0 aromatic carbocycles. The highest BCUT2D eigenvalue weighted by Crippen LogP contribution is 2.57. The van der Waals surface area contributed by atoms with Crippen LogP contribution in [0.5, 0.6) is 0 Å². The molecule has 5 aliphatic carbocycles. The van der Waals surface area contributed by atoms with Gasteiger partial charge in [0.2, 0.25) is 0 Å². The van der Waals surface area contributed by atoms with Gasteiger partial charge in [-0.05, 0) is 28.6 Å². The highest BCUT2D eigenvalue weighted by atomic mass is 16.6. The van der Waals surface area contributed by atoms with E-state index in [1.165, 1.54) is 11.1 Å². The van der Waals surface area contributed by atoms with Gasteiger partial charge in [-0.2, -0.15) is 0 Å². The lowest BCUT2D eigenvalue weighted by molar-refractivity contribution is -0.420. The summed E-state index contributed by atoms with van der Waals surface area (Å²) in [4.78, 5) is 11.4. The zero-order valence-corrected chi connectivity index (χ0v) is 12.4. The predicted octanol–water partition coefficient (Wildman–Crippen LogP) is 4.05. The molecule has 0 aromatic rings. The van der Waals surface area contributed by atoms with Gasteiger partial charge in [0.15, 0.2) is 0 Å². The number of nitrogens with zero attached hydrogens (tertiary/aromatic N) is 1. The Bertz CT molecular complexity index is 873. The van der Waals surface area contributed by atoms with E-state index in [1.807, 2.05) is 12.2 Å². The van der Waals surface area contributed by atoms with Crippen molar-refractivity contribution in [3.63, 3.8) is 0 Å². The minimum atomic E-state index is -0.223. The lowest BCUT2D eigenvalue weighted by atomic mass is 9.54.